The van der Waals surface area contributed by atoms with E-state index < -0.39 is 0 Å². The number of para-hydroxylation sites is 1. The third-order valence-corrected chi connectivity index (χ3v) is 7.25. The Kier molecular flexibility index (Phi) is 5.60. The lowest BCUT2D eigenvalue weighted by atomic mass is 10.0. The van der Waals surface area contributed by atoms with Gasteiger partial charge in [0.25, 0.3) is 5.56 Å². The Morgan fingerprint density at radius 3 is 2.61 bits per heavy atom. The number of anilines is 1. The summed E-state index contributed by atoms with van der Waals surface area (Å²) in [5.74, 6) is -0.525. The van der Waals surface area contributed by atoms with Crippen molar-refractivity contribution < 1.29 is 9.18 Å². The fraction of sp³-hybridized carbons (Fsp3) is 0.231. The number of ketones is 1. The van der Waals surface area contributed by atoms with Crippen molar-refractivity contribution in [2.45, 2.75) is 19.4 Å². The normalized spacial score (nSPS) is 16.4. The van der Waals surface area contributed by atoms with Crippen LogP contribution in [0.4, 0.5) is 9.39 Å². The van der Waals surface area contributed by atoms with Crippen molar-refractivity contribution >= 4 is 32.3 Å². The maximum Gasteiger partial charge on any atom is 0.256 e. The van der Waals surface area contributed by atoms with E-state index in [-0.39, 0.29) is 23.2 Å². The molecule has 1 aliphatic heterocycles. The number of hydrogen-bond donors (Lipinski definition) is 1. The molecule has 1 aliphatic rings. The monoisotopic (exact) mass is 461 g/mol. The van der Waals surface area contributed by atoms with Crippen LogP contribution in [0.1, 0.15) is 27.9 Å². The minimum Gasteiger partial charge on any atom is -0.372 e. The molecule has 168 valence electrons. The van der Waals surface area contributed by atoms with Gasteiger partial charge in [-0.25, -0.2) is 4.39 Å². The molecule has 33 heavy (non-hydrogen) atoms. The molecule has 5 nitrogen and oxygen atoms in total. The first-order chi connectivity index (χ1) is 15.9. The number of nitrogens with one attached hydrogen (secondary N) is 1. The van der Waals surface area contributed by atoms with Gasteiger partial charge in [0.05, 0.1) is 11.3 Å². The van der Waals surface area contributed by atoms with Crippen molar-refractivity contribution in [2.75, 3.05) is 25.5 Å². The third-order valence-electron chi connectivity index (χ3n) is 6.13. The van der Waals surface area contributed by atoms with Crippen molar-refractivity contribution in [2.24, 2.45) is 0 Å². The zero-order valence-corrected chi connectivity index (χ0v) is 19.3. The molecule has 1 saturated heterocycles. The van der Waals surface area contributed by atoms with E-state index in [1.165, 1.54) is 29.5 Å². The quantitative estimate of drug-likeness (QED) is 0.432. The molecule has 0 bridgehead atoms. The number of likely N-dealkylation sites (tertiary alicyclic amines) is 1. The first-order valence-electron chi connectivity index (χ1n) is 10.9. The highest BCUT2D eigenvalue weighted by molar-refractivity contribution is 7.23. The SMILES string of the molecule is Cc1cc(C(=O)c2c(N[C@@H]3CCN(C)C3)sc3c2ccc(=O)n3-c2ccccc2)ccc1F. The Bertz CT molecular complexity index is 1410. The van der Waals surface area contributed by atoms with E-state index in [2.05, 4.69) is 17.3 Å². The highest BCUT2D eigenvalue weighted by Crippen LogP contribution is 2.38. The highest BCUT2D eigenvalue weighted by Gasteiger charge is 2.27. The molecule has 0 spiro atoms. The Morgan fingerprint density at radius 1 is 1.12 bits per heavy atom. The number of likely N-dealkylation sites (N-methyl/N-ethyl adjacent to an activating group) is 1. The van der Waals surface area contributed by atoms with Gasteiger partial charge in [-0.2, -0.15) is 0 Å². The van der Waals surface area contributed by atoms with Crippen LogP contribution in [0.2, 0.25) is 0 Å². The number of fused-ring (bicyclic) bond motifs is 1. The molecule has 5 rings (SSSR count). The Balaban J connectivity index is 1.71. The summed E-state index contributed by atoms with van der Waals surface area (Å²) in [6.45, 7) is 3.51. The van der Waals surface area contributed by atoms with Crippen LogP contribution in [0.3, 0.4) is 0 Å². The second-order valence-electron chi connectivity index (χ2n) is 8.55. The first kappa shape index (κ1) is 21.6. The number of hydrogen-bond acceptors (Lipinski definition) is 5. The van der Waals surface area contributed by atoms with Crippen molar-refractivity contribution in [3.63, 3.8) is 0 Å². The summed E-state index contributed by atoms with van der Waals surface area (Å²) in [6.07, 6.45) is 0.972. The number of nitrogens with zero attached hydrogens (tertiary/aromatic N) is 2. The molecule has 3 heterocycles. The smallest absolute Gasteiger partial charge is 0.256 e. The molecule has 1 N–H and O–H groups in total. The molecule has 0 saturated carbocycles. The highest BCUT2D eigenvalue weighted by atomic mass is 32.1. The average molecular weight is 462 g/mol. The van der Waals surface area contributed by atoms with Gasteiger partial charge in [0.2, 0.25) is 0 Å². The van der Waals surface area contributed by atoms with Crippen LogP contribution in [0.5, 0.6) is 0 Å². The maximum atomic E-state index is 13.9. The van der Waals surface area contributed by atoms with Crippen molar-refractivity contribution in [3.05, 3.63) is 93.5 Å². The molecular weight excluding hydrogens is 437 g/mol. The van der Waals surface area contributed by atoms with Crippen LogP contribution in [0.15, 0.2) is 65.5 Å². The lowest BCUT2D eigenvalue weighted by Gasteiger charge is -2.14. The lowest BCUT2D eigenvalue weighted by Crippen LogP contribution is -2.23. The van der Waals surface area contributed by atoms with Crippen molar-refractivity contribution in [1.29, 1.82) is 0 Å². The van der Waals surface area contributed by atoms with Gasteiger partial charge in [-0.1, -0.05) is 29.5 Å². The zero-order valence-electron chi connectivity index (χ0n) is 18.5. The number of pyridine rings is 1. The number of aryl methyl sites for hydroxylation is 1. The molecule has 1 fully saturated rings. The topological polar surface area (TPSA) is 54.3 Å². The summed E-state index contributed by atoms with van der Waals surface area (Å²) in [5, 5.41) is 5.03. The predicted octanol–water partition coefficient (Wildman–Crippen LogP) is 4.85. The minimum atomic E-state index is -0.341. The van der Waals surface area contributed by atoms with E-state index in [4.69, 9.17) is 0 Å². The van der Waals surface area contributed by atoms with Crippen molar-refractivity contribution in [3.8, 4) is 5.69 Å². The second kappa shape index (κ2) is 8.57. The first-order valence-corrected chi connectivity index (χ1v) is 11.7. The van der Waals surface area contributed by atoms with Crippen molar-refractivity contribution in [1.82, 2.24) is 9.47 Å². The minimum absolute atomic E-state index is 0.154. The number of thiophene rings is 1. The molecule has 0 unspecified atom stereocenters. The van der Waals surface area contributed by atoms with Gasteiger partial charge in [-0.15, -0.1) is 0 Å². The van der Waals surface area contributed by atoms with Crippen LogP contribution in [0.25, 0.3) is 15.9 Å². The van der Waals surface area contributed by atoms with Crippen LogP contribution < -0.4 is 10.9 Å². The van der Waals surface area contributed by atoms with Crippen LogP contribution in [-0.2, 0) is 0 Å². The van der Waals surface area contributed by atoms with E-state index in [1.807, 2.05) is 30.3 Å². The molecule has 2 aromatic carbocycles. The summed E-state index contributed by atoms with van der Waals surface area (Å²) in [5.41, 5.74) is 1.98. The van der Waals surface area contributed by atoms with E-state index in [0.717, 1.165) is 30.2 Å². The predicted molar refractivity (Wildman–Crippen MR) is 132 cm³/mol. The van der Waals surface area contributed by atoms with E-state index in [0.29, 0.717) is 26.9 Å². The van der Waals surface area contributed by atoms with Gasteiger partial charge in [0, 0.05) is 29.6 Å². The zero-order chi connectivity index (χ0) is 23.1. The van der Waals surface area contributed by atoms with Gasteiger partial charge in [-0.3, -0.25) is 14.2 Å². The maximum absolute atomic E-state index is 13.9. The molecule has 1 atom stereocenters. The Hall–Kier alpha value is -3.29. The fourth-order valence-corrected chi connectivity index (χ4v) is 5.69. The Labute approximate surface area is 195 Å². The van der Waals surface area contributed by atoms with Crippen LogP contribution >= 0.6 is 11.3 Å². The summed E-state index contributed by atoms with van der Waals surface area (Å²) in [6, 6.07) is 17.3. The molecule has 0 aliphatic carbocycles. The Morgan fingerprint density at radius 2 is 1.91 bits per heavy atom. The summed E-state index contributed by atoms with van der Waals surface area (Å²) in [4.78, 5) is 29.6. The number of carbonyl (C=O) groups excluding carboxylic acids is 1. The summed E-state index contributed by atoms with van der Waals surface area (Å²) < 4.78 is 15.5. The lowest BCUT2D eigenvalue weighted by molar-refractivity contribution is 0.104. The molecule has 0 amide bonds. The van der Waals surface area contributed by atoms with E-state index in [1.54, 1.807) is 23.6 Å². The number of benzene rings is 2. The largest absolute Gasteiger partial charge is 0.372 e. The molecular formula is C26H24FN3O2S. The number of halogens is 1. The second-order valence-corrected chi connectivity index (χ2v) is 9.55. The standard InChI is InChI=1S/C26H24FN3O2S/c1-16-14-17(8-10-21(16)27)24(32)23-20-9-11-22(31)30(19-6-4-3-5-7-19)26(20)33-25(23)28-18-12-13-29(2)15-18/h3-11,14,18,28H,12-13,15H2,1-2H3/t18-/m1/s1. The van der Waals surface area contributed by atoms with Gasteiger partial charge in [0.15, 0.2) is 5.78 Å². The van der Waals surface area contributed by atoms with Crippen LogP contribution in [0, 0.1) is 12.7 Å². The van der Waals surface area contributed by atoms with E-state index >= 15 is 0 Å². The third kappa shape index (κ3) is 3.98. The number of carbonyl (C=O) groups is 1. The van der Waals surface area contributed by atoms with Gasteiger partial charge in [-0.05, 0) is 68.9 Å². The molecule has 7 heteroatoms. The molecule has 4 aromatic rings. The number of aromatic nitrogens is 1. The molecule has 2 aromatic heterocycles. The number of rotatable bonds is 5. The summed E-state index contributed by atoms with van der Waals surface area (Å²) >= 11 is 1.42. The average Bonchev–Trinajstić information content (AvgIpc) is 3.38. The summed E-state index contributed by atoms with van der Waals surface area (Å²) in [7, 11) is 2.08. The van der Waals surface area contributed by atoms with Crippen LogP contribution in [-0.4, -0.2) is 41.4 Å². The van der Waals surface area contributed by atoms with Gasteiger partial charge >= 0.3 is 0 Å². The van der Waals surface area contributed by atoms with Gasteiger partial charge in [0.1, 0.15) is 15.6 Å². The molecule has 0 radical (unpaired) electrons. The van der Waals surface area contributed by atoms with E-state index in [9.17, 15) is 14.0 Å². The van der Waals surface area contributed by atoms with Gasteiger partial charge < -0.3 is 10.2 Å². The fourth-order valence-electron chi connectivity index (χ4n) is 4.40.